The first-order valence-electron chi connectivity index (χ1n) is 4.59. The third-order valence-electron chi connectivity index (χ3n) is 2.44. The molecule has 1 aliphatic heterocycles. The standard InChI is InChI=1S/C9H11BrN2O2/c10-8-5-11-12(9(8)6-13)7-1-3-14-4-2-7/h5-7H,1-4H2. The lowest BCUT2D eigenvalue weighted by Crippen LogP contribution is -2.21. The minimum atomic E-state index is 0.301. The number of carbonyl (C=O) groups is 1. The maximum atomic E-state index is 10.8. The first-order valence-corrected chi connectivity index (χ1v) is 5.38. The Morgan fingerprint density at radius 3 is 2.93 bits per heavy atom. The second kappa shape index (κ2) is 4.23. The highest BCUT2D eigenvalue weighted by molar-refractivity contribution is 9.10. The third kappa shape index (κ3) is 1.74. The Kier molecular flexibility index (Phi) is 2.98. The number of aromatic nitrogens is 2. The first kappa shape index (κ1) is 9.86. The molecule has 1 aliphatic rings. The first-order chi connectivity index (χ1) is 6.83. The van der Waals surface area contributed by atoms with Gasteiger partial charge < -0.3 is 4.74 Å². The molecule has 0 spiro atoms. The highest BCUT2D eigenvalue weighted by atomic mass is 79.9. The van der Waals surface area contributed by atoms with Gasteiger partial charge in [-0.1, -0.05) is 0 Å². The van der Waals surface area contributed by atoms with Crippen LogP contribution < -0.4 is 0 Å². The molecule has 0 aliphatic carbocycles. The van der Waals surface area contributed by atoms with E-state index in [1.54, 1.807) is 10.9 Å². The zero-order valence-corrected chi connectivity index (χ0v) is 9.24. The number of ether oxygens (including phenoxy) is 1. The van der Waals surface area contributed by atoms with Gasteiger partial charge >= 0.3 is 0 Å². The largest absolute Gasteiger partial charge is 0.381 e. The molecular weight excluding hydrogens is 248 g/mol. The fourth-order valence-corrected chi connectivity index (χ4v) is 2.05. The van der Waals surface area contributed by atoms with Crippen molar-refractivity contribution in [1.82, 2.24) is 9.78 Å². The maximum absolute atomic E-state index is 10.8. The lowest BCUT2D eigenvalue weighted by atomic mass is 10.1. The summed E-state index contributed by atoms with van der Waals surface area (Å²) in [7, 11) is 0. The number of hydrogen-bond donors (Lipinski definition) is 0. The van der Waals surface area contributed by atoms with Crippen LogP contribution in [0.5, 0.6) is 0 Å². The molecule has 76 valence electrons. The summed E-state index contributed by atoms with van der Waals surface area (Å²) in [5.74, 6) is 0. The average Bonchev–Trinajstić information content (AvgIpc) is 2.61. The van der Waals surface area contributed by atoms with Gasteiger partial charge in [0.05, 0.1) is 16.7 Å². The van der Waals surface area contributed by atoms with Gasteiger partial charge in [-0.05, 0) is 28.8 Å². The van der Waals surface area contributed by atoms with Crippen LogP contribution in [0.15, 0.2) is 10.7 Å². The highest BCUT2D eigenvalue weighted by Gasteiger charge is 2.20. The smallest absolute Gasteiger partial charge is 0.169 e. The number of hydrogen-bond acceptors (Lipinski definition) is 3. The molecule has 0 N–H and O–H groups in total. The van der Waals surface area contributed by atoms with Gasteiger partial charge in [-0.2, -0.15) is 5.10 Å². The molecule has 0 saturated carbocycles. The van der Waals surface area contributed by atoms with E-state index in [2.05, 4.69) is 21.0 Å². The summed E-state index contributed by atoms with van der Waals surface area (Å²) >= 11 is 3.30. The van der Waals surface area contributed by atoms with Crippen LogP contribution in [0, 0.1) is 0 Å². The number of carbonyl (C=O) groups excluding carboxylic acids is 1. The van der Waals surface area contributed by atoms with E-state index in [1.165, 1.54) is 0 Å². The van der Waals surface area contributed by atoms with Crippen molar-refractivity contribution < 1.29 is 9.53 Å². The SMILES string of the molecule is O=Cc1c(Br)cnn1C1CCOCC1. The molecule has 0 radical (unpaired) electrons. The molecule has 1 fully saturated rings. The topological polar surface area (TPSA) is 44.1 Å². The molecule has 1 aromatic rings. The van der Waals surface area contributed by atoms with Crippen molar-refractivity contribution in [1.29, 1.82) is 0 Å². The molecule has 1 saturated heterocycles. The summed E-state index contributed by atoms with van der Waals surface area (Å²) in [4.78, 5) is 10.8. The van der Waals surface area contributed by atoms with E-state index >= 15 is 0 Å². The van der Waals surface area contributed by atoms with E-state index < -0.39 is 0 Å². The Bertz CT molecular complexity index is 332. The Morgan fingerprint density at radius 1 is 1.57 bits per heavy atom. The van der Waals surface area contributed by atoms with Crippen LogP contribution in [0.1, 0.15) is 29.4 Å². The van der Waals surface area contributed by atoms with Crippen LogP contribution in [0.4, 0.5) is 0 Å². The minimum Gasteiger partial charge on any atom is -0.381 e. The summed E-state index contributed by atoms with van der Waals surface area (Å²) in [6.45, 7) is 1.50. The van der Waals surface area contributed by atoms with Gasteiger partial charge in [-0.15, -0.1) is 0 Å². The van der Waals surface area contributed by atoms with Gasteiger partial charge in [0.2, 0.25) is 0 Å². The highest BCUT2D eigenvalue weighted by Crippen LogP contribution is 2.24. The van der Waals surface area contributed by atoms with E-state index in [0.717, 1.165) is 36.8 Å². The van der Waals surface area contributed by atoms with Crippen molar-refractivity contribution in [2.24, 2.45) is 0 Å². The van der Waals surface area contributed by atoms with Crippen molar-refractivity contribution in [3.8, 4) is 0 Å². The van der Waals surface area contributed by atoms with E-state index in [-0.39, 0.29) is 0 Å². The average molecular weight is 259 g/mol. The Morgan fingerprint density at radius 2 is 2.29 bits per heavy atom. The Labute approximate surface area is 90.4 Å². The predicted octanol–water partition coefficient (Wildman–Crippen LogP) is 1.81. The molecule has 5 heteroatoms. The molecule has 14 heavy (non-hydrogen) atoms. The quantitative estimate of drug-likeness (QED) is 0.761. The molecule has 0 amide bonds. The summed E-state index contributed by atoms with van der Waals surface area (Å²) in [5, 5.41) is 4.19. The van der Waals surface area contributed by atoms with Gasteiger partial charge in [-0.25, -0.2) is 0 Å². The van der Waals surface area contributed by atoms with Gasteiger partial charge in [0, 0.05) is 13.2 Å². The second-order valence-corrected chi connectivity index (χ2v) is 4.14. The van der Waals surface area contributed by atoms with Crippen molar-refractivity contribution in [2.45, 2.75) is 18.9 Å². The molecule has 2 rings (SSSR count). The van der Waals surface area contributed by atoms with Crippen molar-refractivity contribution in [2.75, 3.05) is 13.2 Å². The second-order valence-electron chi connectivity index (χ2n) is 3.28. The number of halogens is 1. The van der Waals surface area contributed by atoms with Crippen LogP contribution in [0.25, 0.3) is 0 Å². The normalized spacial score (nSPS) is 18.4. The van der Waals surface area contributed by atoms with Gasteiger partial charge in [0.25, 0.3) is 0 Å². The predicted molar refractivity (Wildman–Crippen MR) is 54.4 cm³/mol. The van der Waals surface area contributed by atoms with Crippen LogP contribution >= 0.6 is 15.9 Å². The maximum Gasteiger partial charge on any atom is 0.169 e. The Hall–Kier alpha value is -0.680. The van der Waals surface area contributed by atoms with Crippen molar-refractivity contribution in [3.05, 3.63) is 16.4 Å². The van der Waals surface area contributed by atoms with Crippen LogP contribution in [-0.2, 0) is 4.74 Å². The monoisotopic (exact) mass is 258 g/mol. The van der Waals surface area contributed by atoms with Gasteiger partial charge in [-0.3, -0.25) is 9.48 Å². The van der Waals surface area contributed by atoms with Crippen molar-refractivity contribution in [3.63, 3.8) is 0 Å². The fourth-order valence-electron chi connectivity index (χ4n) is 1.68. The third-order valence-corrected chi connectivity index (χ3v) is 3.05. The van der Waals surface area contributed by atoms with Gasteiger partial charge in [0.1, 0.15) is 5.69 Å². The van der Waals surface area contributed by atoms with Gasteiger partial charge in [0.15, 0.2) is 6.29 Å². The van der Waals surface area contributed by atoms with Crippen LogP contribution in [0.3, 0.4) is 0 Å². The lowest BCUT2D eigenvalue weighted by Gasteiger charge is -2.23. The fraction of sp³-hybridized carbons (Fsp3) is 0.556. The Balaban J connectivity index is 2.25. The molecule has 0 bridgehead atoms. The summed E-state index contributed by atoms with van der Waals surface area (Å²) in [6, 6.07) is 0.301. The zero-order valence-electron chi connectivity index (χ0n) is 7.65. The van der Waals surface area contributed by atoms with E-state index in [9.17, 15) is 4.79 Å². The lowest BCUT2D eigenvalue weighted by molar-refractivity contribution is 0.0651. The zero-order chi connectivity index (χ0) is 9.97. The summed E-state index contributed by atoms with van der Waals surface area (Å²) in [6.07, 6.45) is 4.36. The van der Waals surface area contributed by atoms with Crippen LogP contribution in [-0.4, -0.2) is 29.3 Å². The van der Waals surface area contributed by atoms with Crippen molar-refractivity contribution >= 4 is 22.2 Å². The van der Waals surface area contributed by atoms with E-state index in [0.29, 0.717) is 11.7 Å². The number of rotatable bonds is 2. The van der Waals surface area contributed by atoms with E-state index in [4.69, 9.17) is 4.74 Å². The minimum absolute atomic E-state index is 0.301. The number of nitrogens with zero attached hydrogens (tertiary/aromatic N) is 2. The molecule has 0 atom stereocenters. The number of aldehydes is 1. The molecular formula is C9H11BrN2O2. The molecule has 0 unspecified atom stereocenters. The molecule has 1 aromatic heterocycles. The molecule has 4 nitrogen and oxygen atoms in total. The molecule has 2 heterocycles. The summed E-state index contributed by atoms with van der Waals surface area (Å²) < 4.78 is 7.81. The van der Waals surface area contributed by atoms with Crippen LogP contribution in [0.2, 0.25) is 0 Å². The molecule has 0 aromatic carbocycles. The van der Waals surface area contributed by atoms with E-state index in [1.807, 2.05) is 0 Å². The summed E-state index contributed by atoms with van der Waals surface area (Å²) in [5.41, 5.74) is 0.622.